The number of rotatable bonds is 7. The molecule has 0 saturated heterocycles. The quantitative estimate of drug-likeness (QED) is 0.384. The number of amides is 1. The molecule has 4 aromatic rings. The van der Waals surface area contributed by atoms with Crippen LogP contribution in [0.15, 0.2) is 89.7 Å². The molecule has 1 amide bonds. The Kier molecular flexibility index (Phi) is 7.23. The van der Waals surface area contributed by atoms with Crippen LogP contribution in [0, 0.1) is 0 Å². The monoisotopic (exact) mass is 489 g/mol. The number of nitrogens with zero attached hydrogens (tertiary/aromatic N) is 2. The smallest absolute Gasteiger partial charge is 0.339 e. The Morgan fingerprint density at radius 3 is 2.37 bits per heavy atom. The maximum absolute atomic E-state index is 12.7. The normalized spacial score (nSPS) is 10.5. The van der Waals surface area contributed by atoms with E-state index in [0.717, 1.165) is 5.56 Å². The van der Waals surface area contributed by atoms with Crippen LogP contribution in [0.25, 0.3) is 5.69 Å². The van der Waals surface area contributed by atoms with Gasteiger partial charge in [-0.15, -0.1) is 5.10 Å². The van der Waals surface area contributed by atoms with E-state index in [1.165, 1.54) is 23.9 Å². The molecule has 3 aromatic carbocycles. The molecule has 0 aliphatic heterocycles. The van der Waals surface area contributed by atoms with E-state index in [4.69, 9.17) is 21.1 Å². The number of esters is 1. The number of methoxy groups -OCH3 is 1. The van der Waals surface area contributed by atoms with Crippen LogP contribution < -0.4 is 15.6 Å². The van der Waals surface area contributed by atoms with Crippen molar-refractivity contribution in [1.29, 1.82) is 0 Å². The molecule has 1 heterocycles. The molecular weight excluding hydrogens is 470 g/mol. The van der Waals surface area contributed by atoms with Crippen molar-refractivity contribution < 1.29 is 19.1 Å². The summed E-state index contributed by atoms with van der Waals surface area (Å²) in [4.78, 5) is 37.0. The van der Waals surface area contributed by atoms with Gasteiger partial charge >= 0.3 is 5.97 Å². The van der Waals surface area contributed by atoms with Gasteiger partial charge in [-0.3, -0.25) is 9.59 Å². The first kappa shape index (κ1) is 23.7. The molecule has 0 atom stereocenters. The minimum atomic E-state index is -0.556. The van der Waals surface area contributed by atoms with E-state index in [0.29, 0.717) is 22.0 Å². The average Bonchev–Trinajstić information content (AvgIpc) is 2.89. The lowest BCUT2D eigenvalue weighted by molar-refractivity contribution is 0.0602. The Bertz CT molecular complexity index is 1420. The topological polar surface area (TPSA) is 99.5 Å². The molecule has 0 bridgehead atoms. The van der Waals surface area contributed by atoms with E-state index in [-0.39, 0.29) is 23.6 Å². The zero-order valence-electron chi connectivity index (χ0n) is 18.6. The summed E-state index contributed by atoms with van der Waals surface area (Å²) in [5.41, 5.74) is 1.91. The molecule has 0 unspecified atom stereocenters. The molecule has 8 nitrogen and oxygen atoms in total. The Morgan fingerprint density at radius 1 is 0.943 bits per heavy atom. The van der Waals surface area contributed by atoms with Gasteiger partial charge in [-0.2, -0.15) is 4.68 Å². The molecule has 9 heteroatoms. The Morgan fingerprint density at radius 2 is 1.66 bits per heavy atom. The highest BCUT2D eigenvalue weighted by atomic mass is 35.5. The zero-order chi connectivity index (χ0) is 24.8. The van der Waals surface area contributed by atoms with Crippen molar-refractivity contribution in [2.75, 3.05) is 12.4 Å². The zero-order valence-corrected chi connectivity index (χ0v) is 19.4. The van der Waals surface area contributed by atoms with Crippen LogP contribution in [0.3, 0.4) is 0 Å². The predicted molar refractivity (Wildman–Crippen MR) is 131 cm³/mol. The number of halogens is 1. The Labute approximate surface area is 205 Å². The number of carbonyl (C=O) groups excluding carboxylic acids is 2. The van der Waals surface area contributed by atoms with Crippen molar-refractivity contribution in [3.05, 3.63) is 117 Å². The summed E-state index contributed by atoms with van der Waals surface area (Å²) in [6, 6.07) is 22.9. The van der Waals surface area contributed by atoms with Crippen LogP contribution in [0.2, 0.25) is 5.02 Å². The van der Waals surface area contributed by atoms with E-state index in [2.05, 4.69) is 10.4 Å². The Hall–Kier alpha value is -4.43. The highest BCUT2D eigenvalue weighted by molar-refractivity contribution is 6.30. The Balaban J connectivity index is 1.49. The van der Waals surface area contributed by atoms with Gasteiger partial charge in [0.05, 0.1) is 24.0 Å². The first-order valence-electron chi connectivity index (χ1n) is 10.5. The number of aromatic nitrogens is 2. The summed E-state index contributed by atoms with van der Waals surface area (Å²) in [6.45, 7) is 0.258. The molecule has 0 radical (unpaired) electrons. The van der Waals surface area contributed by atoms with Gasteiger partial charge in [0, 0.05) is 22.7 Å². The van der Waals surface area contributed by atoms with E-state index in [9.17, 15) is 14.4 Å². The van der Waals surface area contributed by atoms with Gasteiger partial charge in [0.2, 0.25) is 5.88 Å². The molecule has 0 saturated carbocycles. The maximum Gasteiger partial charge on any atom is 0.339 e. The second-order valence-electron chi connectivity index (χ2n) is 7.37. The third kappa shape index (κ3) is 5.74. The SMILES string of the molecule is COC(=O)c1ccccc1NC(=O)c1ccc(-n2nc(OCc3ccc(Cl)cc3)ccc2=O)cc1. The van der Waals surface area contributed by atoms with E-state index in [1.807, 2.05) is 12.1 Å². The van der Waals surface area contributed by atoms with Crippen molar-refractivity contribution in [1.82, 2.24) is 9.78 Å². The fourth-order valence-corrected chi connectivity index (χ4v) is 3.35. The van der Waals surface area contributed by atoms with Crippen molar-refractivity contribution >= 4 is 29.2 Å². The minimum absolute atomic E-state index is 0.242. The van der Waals surface area contributed by atoms with Crippen LogP contribution in [-0.2, 0) is 11.3 Å². The third-order valence-corrected chi connectivity index (χ3v) is 5.28. The summed E-state index contributed by atoms with van der Waals surface area (Å²) < 4.78 is 11.6. The second kappa shape index (κ2) is 10.7. The fourth-order valence-electron chi connectivity index (χ4n) is 3.22. The molecule has 0 aliphatic rings. The summed E-state index contributed by atoms with van der Waals surface area (Å²) in [6.07, 6.45) is 0. The number of hydrogen-bond acceptors (Lipinski definition) is 6. The number of carbonyl (C=O) groups is 2. The number of benzene rings is 3. The molecule has 176 valence electrons. The minimum Gasteiger partial charge on any atom is -0.472 e. The number of anilines is 1. The van der Waals surface area contributed by atoms with Crippen molar-refractivity contribution in [3.63, 3.8) is 0 Å². The van der Waals surface area contributed by atoms with Gasteiger partial charge in [0.15, 0.2) is 0 Å². The standard InChI is InChI=1S/C26H20ClN3O5/c1-34-26(33)21-4-2-3-5-22(21)28-25(32)18-8-12-20(13-9-18)30-24(31)15-14-23(29-30)35-16-17-6-10-19(27)11-7-17/h2-15H,16H2,1H3,(H,28,32). The molecule has 1 aromatic heterocycles. The van der Waals surface area contributed by atoms with E-state index >= 15 is 0 Å². The van der Waals surface area contributed by atoms with Gasteiger partial charge in [0.1, 0.15) is 6.61 Å². The highest BCUT2D eigenvalue weighted by Gasteiger charge is 2.14. The largest absolute Gasteiger partial charge is 0.472 e. The lowest BCUT2D eigenvalue weighted by Crippen LogP contribution is -2.21. The molecule has 0 fully saturated rings. The number of ether oxygens (including phenoxy) is 2. The summed E-state index contributed by atoms with van der Waals surface area (Å²) in [5, 5.41) is 7.60. The third-order valence-electron chi connectivity index (χ3n) is 5.03. The second-order valence-corrected chi connectivity index (χ2v) is 7.81. The van der Waals surface area contributed by atoms with Crippen LogP contribution in [-0.4, -0.2) is 28.8 Å². The molecule has 35 heavy (non-hydrogen) atoms. The summed E-state index contributed by atoms with van der Waals surface area (Å²) in [5.74, 6) is -0.714. The van der Waals surface area contributed by atoms with Gasteiger partial charge in [-0.25, -0.2) is 4.79 Å². The van der Waals surface area contributed by atoms with Gasteiger partial charge < -0.3 is 14.8 Å². The molecular formula is C26H20ClN3O5. The number of para-hydroxylation sites is 1. The van der Waals surface area contributed by atoms with Crippen LogP contribution in [0.5, 0.6) is 5.88 Å². The first-order valence-corrected chi connectivity index (χ1v) is 10.9. The summed E-state index contributed by atoms with van der Waals surface area (Å²) >= 11 is 5.90. The van der Waals surface area contributed by atoms with Crippen molar-refractivity contribution in [2.45, 2.75) is 6.61 Å². The maximum atomic E-state index is 12.7. The van der Waals surface area contributed by atoms with Crippen molar-refractivity contribution in [2.24, 2.45) is 0 Å². The van der Waals surface area contributed by atoms with Gasteiger partial charge in [-0.05, 0) is 54.1 Å². The molecule has 0 aliphatic carbocycles. The van der Waals surface area contributed by atoms with Crippen molar-refractivity contribution in [3.8, 4) is 11.6 Å². The molecule has 4 rings (SSSR count). The number of hydrogen-bond donors (Lipinski definition) is 1. The van der Waals surface area contributed by atoms with Crippen LogP contribution >= 0.6 is 11.6 Å². The van der Waals surface area contributed by atoms with Crippen LogP contribution in [0.4, 0.5) is 5.69 Å². The molecule has 0 spiro atoms. The number of nitrogens with one attached hydrogen (secondary N) is 1. The average molecular weight is 490 g/mol. The lowest BCUT2D eigenvalue weighted by Gasteiger charge is -2.11. The van der Waals surface area contributed by atoms with E-state index in [1.54, 1.807) is 60.7 Å². The predicted octanol–water partition coefficient (Wildman–Crippen LogP) is 4.50. The summed E-state index contributed by atoms with van der Waals surface area (Å²) in [7, 11) is 1.27. The fraction of sp³-hybridized carbons (Fsp3) is 0.0769. The van der Waals surface area contributed by atoms with E-state index < -0.39 is 11.9 Å². The highest BCUT2D eigenvalue weighted by Crippen LogP contribution is 2.18. The van der Waals surface area contributed by atoms with Gasteiger partial charge in [0.25, 0.3) is 11.5 Å². The lowest BCUT2D eigenvalue weighted by atomic mass is 10.1. The van der Waals surface area contributed by atoms with Gasteiger partial charge in [-0.1, -0.05) is 35.9 Å². The first-order chi connectivity index (χ1) is 16.9. The van der Waals surface area contributed by atoms with Crippen LogP contribution in [0.1, 0.15) is 26.3 Å². The molecule has 1 N–H and O–H groups in total.